The summed E-state index contributed by atoms with van der Waals surface area (Å²) in [4.78, 5) is 11.8. The van der Waals surface area contributed by atoms with Gasteiger partial charge in [0, 0.05) is 37.8 Å². The molecule has 2 heterocycles. The van der Waals surface area contributed by atoms with Gasteiger partial charge >= 0.3 is 0 Å². The molecule has 19 heavy (non-hydrogen) atoms. The fourth-order valence-electron chi connectivity index (χ4n) is 2.62. The topological polar surface area (TPSA) is 59.0 Å². The highest BCUT2D eigenvalue weighted by Crippen LogP contribution is 2.11. The molecule has 0 bridgehead atoms. The Morgan fingerprint density at radius 2 is 2.47 bits per heavy atom. The van der Waals surface area contributed by atoms with Crippen LogP contribution in [0, 0.1) is 0 Å². The summed E-state index contributed by atoms with van der Waals surface area (Å²) in [6.07, 6.45) is 6.88. The molecule has 106 valence electrons. The monoisotopic (exact) mass is 264 g/mol. The second-order valence-electron chi connectivity index (χ2n) is 5.24. The molecule has 2 rings (SSSR count). The minimum Gasteiger partial charge on any atom is -0.352 e. The van der Waals surface area contributed by atoms with Crippen LogP contribution >= 0.6 is 0 Å². The smallest absolute Gasteiger partial charge is 0.220 e. The van der Waals surface area contributed by atoms with Gasteiger partial charge in [-0.25, -0.2) is 0 Å². The summed E-state index contributed by atoms with van der Waals surface area (Å²) in [7, 11) is 1.91. The predicted octanol–water partition coefficient (Wildman–Crippen LogP) is 1.13. The van der Waals surface area contributed by atoms with Gasteiger partial charge in [0.15, 0.2) is 0 Å². The van der Waals surface area contributed by atoms with Crippen molar-refractivity contribution >= 4 is 5.91 Å². The van der Waals surface area contributed by atoms with E-state index >= 15 is 0 Å². The van der Waals surface area contributed by atoms with Crippen molar-refractivity contribution in [3.8, 4) is 0 Å². The Labute approximate surface area is 114 Å². The molecule has 1 aliphatic heterocycles. The first kappa shape index (κ1) is 14.1. The lowest BCUT2D eigenvalue weighted by molar-refractivity contribution is -0.121. The molecule has 0 aromatic carbocycles. The maximum absolute atomic E-state index is 11.8. The molecule has 1 atom stereocenters. The predicted molar refractivity (Wildman–Crippen MR) is 74.7 cm³/mol. The lowest BCUT2D eigenvalue weighted by atomic mass is 10.1. The number of carbonyl (C=O) groups is 1. The number of aryl methyl sites for hydroxylation is 2. The largest absolute Gasteiger partial charge is 0.352 e. The molecule has 0 aliphatic carbocycles. The molecule has 1 aliphatic rings. The Bertz CT molecular complexity index is 421. The van der Waals surface area contributed by atoms with Gasteiger partial charge in [0.05, 0.1) is 5.69 Å². The van der Waals surface area contributed by atoms with E-state index in [0.717, 1.165) is 30.6 Å². The van der Waals surface area contributed by atoms with Crippen LogP contribution in [0.25, 0.3) is 0 Å². The summed E-state index contributed by atoms with van der Waals surface area (Å²) in [5.74, 6) is 0.139. The summed E-state index contributed by atoms with van der Waals surface area (Å²) in [6.45, 7) is 3.77. The molecule has 1 amide bonds. The second kappa shape index (κ2) is 6.70. The van der Waals surface area contributed by atoms with Crippen molar-refractivity contribution in [3.05, 3.63) is 17.5 Å². The van der Waals surface area contributed by atoms with Crippen molar-refractivity contribution < 1.29 is 4.79 Å². The van der Waals surface area contributed by atoms with Gasteiger partial charge in [0.1, 0.15) is 0 Å². The van der Waals surface area contributed by atoms with Crippen LogP contribution in [-0.4, -0.2) is 28.3 Å². The number of nitrogens with one attached hydrogen (secondary N) is 2. The van der Waals surface area contributed by atoms with Crippen molar-refractivity contribution in [1.82, 2.24) is 20.4 Å². The van der Waals surface area contributed by atoms with Gasteiger partial charge < -0.3 is 10.6 Å². The zero-order valence-corrected chi connectivity index (χ0v) is 11.9. The minimum absolute atomic E-state index is 0.139. The molecule has 1 aromatic heterocycles. The zero-order valence-electron chi connectivity index (χ0n) is 11.9. The summed E-state index contributed by atoms with van der Waals surface area (Å²) in [5, 5.41) is 10.8. The van der Waals surface area contributed by atoms with Gasteiger partial charge in [-0.3, -0.25) is 9.48 Å². The molecule has 1 fully saturated rings. The zero-order chi connectivity index (χ0) is 13.7. The van der Waals surface area contributed by atoms with Crippen LogP contribution in [0.4, 0.5) is 0 Å². The molecular formula is C14H24N4O. The van der Waals surface area contributed by atoms with E-state index in [4.69, 9.17) is 0 Å². The van der Waals surface area contributed by atoms with E-state index in [2.05, 4.69) is 22.7 Å². The number of rotatable bonds is 6. The first-order chi connectivity index (χ1) is 9.19. The summed E-state index contributed by atoms with van der Waals surface area (Å²) in [5.41, 5.74) is 2.19. The maximum Gasteiger partial charge on any atom is 0.220 e. The maximum atomic E-state index is 11.8. The van der Waals surface area contributed by atoms with E-state index in [1.807, 2.05) is 17.9 Å². The van der Waals surface area contributed by atoms with Crippen molar-refractivity contribution in [2.45, 2.75) is 51.6 Å². The molecule has 0 saturated carbocycles. The van der Waals surface area contributed by atoms with Gasteiger partial charge in [0.2, 0.25) is 5.91 Å². The fourth-order valence-corrected chi connectivity index (χ4v) is 2.62. The van der Waals surface area contributed by atoms with E-state index < -0.39 is 0 Å². The van der Waals surface area contributed by atoms with Gasteiger partial charge in [-0.1, -0.05) is 6.92 Å². The van der Waals surface area contributed by atoms with Crippen LogP contribution in [0.2, 0.25) is 0 Å². The highest BCUT2D eigenvalue weighted by molar-refractivity contribution is 5.75. The van der Waals surface area contributed by atoms with E-state index in [1.165, 1.54) is 12.8 Å². The third kappa shape index (κ3) is 4.06. The molecule has 5 nitrogen and oxygen atoms in total. The average molecular weight is 264 g/mol. The van der Waals surface area contributed by atoms with Crippen LogP contribution in [0.15, 0.2) is 6.20 Å². The van der Waals surface area contributed by atoms with Crippen molar-refractivity contribution in [3.63, 3.8) is 0 Å². The Balaban J connectivity index is 1.73. The Morgan fingerprint density at radius 3 is 3.16 bits per heavy atom. The standard InChI is InChI=1S/C14H24N4O/c1-3-13-11(10-18(2)17-13)9-16-14(19)7-6-12-5-4-8-15-12/h10,12,15H,3-9H2,1-2H3,(H,16,19). The van der Waals surface area contributed by atoms with E-state index in [-0.39, 0.29) is 5.91 Å². The van der Waals surface area contributed by atoms with Gasteiger partial charge in [-0.05, 0) is 32.2 Å². The first-order valence-corrected chi connectivity index (χ1v) is 7.20. The van der Waals surface area contributed by atoms with E-state index in [0.29, 0.717) is 19.0 Å². The molecule has 0 radical (unpaired) electrons. The van der Waals surface area contributed by atoms with Gasteiger partial charge in [-0.2, -0.15) is 5.10 Å². The van der Waals surface area contributed by atoms with E-state index in [9.17, 15) is 4.79 Å². The lowest BCUT2D eigenvalue weighted by Gasteiger charge is -2.09. The summed E-state index contributed by atoms with van der Waals surface area (Å²) >= 11 is 0. The first-order valence-electron chi connectivity index (χ1n) is 7.20. The summed E-state index contributed by atoms with van der Waals surface area (Å²) < 4.78 is 1.81. The van der Waals surface area contributed by atoms with Crippen molar-refractivity contribution in [2.24, 2.45) is 7.05 Å². The van der Waals surface area contributed by atoms with Gasteiger partial charge in [-0.15, -0.1) is 0 Å². The molecule has 0 spiro atoms. The summed E-state index contributed by atoms with van der Waals surface area (Å²) in [6, 6.07) is 0.537. The van der Waals surface area contributed by atoms with Crippen LogP contribution in [0.5, 0.6) is 0 Å². The third-order valence-corrected chi connectivity index (χ3v) is 3.68. The number of carbonyl (C=O) groups excluding carboxylic acids is 1. The van der Waals surface area contributed by atoms with E-state index in [1.54, 1.807) is 0 Å². The van der Waals surface area contributed by atoms with Crippen molar-refractivity contribution in [1.29, 1.82) is 0 Å². The Kier molecular flexibility index (Phi) is 4.96. The minimum atomic E-state index is 0.139. The van der Waals surface area contributed by atoms with Crippen LogP contribution in [0.1, 0.15) is 43.9 Å². The second-order valence-corrected chi connectivity index (χ2v) is 5.24. The Morgan fingerprint density at radius 1 is 1.63 bits per heavy atom. The van der Waals surface area contributed by atoms with Crippen LogP contribution in [0.3, 0.4) is 0 Å². The van der Waals surface area contributed by atoms with Crippen LogP contribution in [-0.2, 0) is 24.8 Å². The number of aromatic nitrogens is 2. The normalized spacial score (nSPS) is 18.7. The number of nitrogens with zero attached hydrogens (tertiary/aromatic N) is 2. The number of hydrogen-bond donors (Lipinski definition) is 2. The number of amides is 1. The van der Waals surface area contributed by atoms with Crippen molar-refractivity contribution in [2.75, 3.05) is 6.54 Å². The Hall–Kier alpha value is -1.36. The SMILES string of the molecule is CCc1nn(C)cc1CNC(=O)CCC1CCCN1. The number of hydrogen-bond acceptors (Lipinski definition) is 3. The molecule has 1 unspecified atom stereocenters. The molecular weight excluding hydrogens is 240 g/mol. The molecule has 1 aromatic rings. The molecule has 2 N–H and O–H groups in total. The molecule has 1 saturated heterocycles. The lowest BCUT2D eigenvalue weighted by Crippen LogP contribution is -2.27. The quantitative estimate of drug-likeness (QED) is 0.810. The third-order valence-electron chi connectivity index (χ3n) is 3.68. The highest BCUT2D eigenvalue weighted by atomic mass is 16.1. The van der Waals surface area contributed by atoms with Crippen LogP contribution < -0.4 is 10.6 Å². The fraction of sp³-hybridized carbons (Fsp3) is 0.714. The molecule has 5 heteroatoms. The van der Waals surface area contributed by atoms with Gasteiger partial charge in [0.25, 0.3) is 0 Å². The highest BCUT2D eigenvalue weighted by Gasteiger charge is 2.15. The average Bonchev–Trinajstić information content (AvgIpc) is 3.02.